The Morgan fingerprint density at radius 1 is 1.47 bits per heavy atom. The summed E-state index contributed by atoms with van der Waals surface area (Å²) in [6.45, 7) is 1.71. The summed E-state index contributed by atoms with van der Waals surface area (Å²) >= 11 is 0. The average Bonchev–Trinajstić information content (AvgIpc) is 2.18. The molecule has 0 amide bonds. The van der Waals surface area contributed by atoms with Gasteiger partial charge < -0.3 is 21.1 Å². The fourth-order valence-corrected chi connectivity index (χ4v) is 1.29. The van der Waals surface area contributed by atoms with Gasteiger partial charge >= 0.3 is 5.97 Å². The second kappa shape index (κ2) is 4.18. The molecule has 0 spiro atoms. The molecule has 0 bridgehead atoms. The van der Waals surface area contributed by atoms with Crippen molar-refractivity contribution in [3.05, 3.63) is 23.3 Å². The zero-order chi connectivity index (χ0) is 11.6. The van der Waals surface area contributed by atoms with Crippen molar-refractivity contribution in [3.63, 3.8) is 0 Å². The molecule has 82 valence electrons. The molecule has 1 atom stereocenters. The molecule has 0 saturated heterocycles. The molecule has 1 rings (SSSR count). The van der Waals surface area contributed by atoms with Crippen molar-refractivity contribution in [3.8, 4) is 11.5 Å². The van der Waals surface area contributed by atoms with Gasteiger partial charge in [0, 0.05) is 12.0 Å². The Morgan fingerprint density at radius 2 is 2.07 bits per heavy atom. The van der Waals surface area contributed by atoms with E-state index in [2.05, 4.69) is 0 Å². The first kappa shape index (κ1) is 11.3. The fourth-order valence-electron chi connectivity index (χ4n) is 1.29. The number of nitrogens with two attached hydrogens (primary N) is 1. The van der Waals surface area contributed by atoms with Gasteiger partial charge in [-0.1, -0.05) is 6.07 Å². The smallest absolute Gasteiger partial charge is 0.320 e. The molecule has 0 aliphatic rings. The molecule has 0 radical (unpaired) electrons. The van der Waals surface area contributed by atoms with Crippen molar-refractivity contribution in [2.45, 2.75) is 19.4 Å². The van der Waals surface area contributed by atoms with Crippen molar-refractivity contribution in [1.29, 1.82) is 0 Å². The molecule has 0 aromatic heterocycles. The lowest BCUT2D eigenvalue weighted by molar-refractivity contribution is -0.138. The summed E-state index contributed by atoms with van der Waals surface area (Å²) in [4.78, 5) is 10.5. The number of aliphatic carboxylic acids is 1. The number of carbonyl (C=O) groups is 1. The van der Waals surface area contributed by atoms with Crippen LogP contribution < -0.4 is 5.73 Å². The third-order valence-corrected chi connectivity index (χ3v) is 2.24. The van der Waals surface area contributed by atoms with Gasteiger partial charge in [-0.25, -0.2) is 0 Å². The number of aromatic hydroxyl groups is 2. The molecule has 15 heavy (non-hydrogen) atoms. The van der Waals surface area contributed by atoms with Crippen LogP contribution in [0.3, 0.4) is 0 Å². The number of hydrogen-bond acceptors (Lipinski definition) is 4. The Morgan fingerprint density at radius 3 is 2.60 bits per heavy atom. The normalized spacial score (nSPS) is 12.4. The van der Waals surface area contributed by atoms with Crippen LogP contribution in [0.2, 0.25) is 0 Å². The van der Waals surface area contributed by atoms with Gasteiger partial charge in [-0.2, -0.15) is 0 Å². The van der Waals surface area contributed by atoms with Crippen LogP contribution in [0, 0.1) is 6.92 Å². The molecule has 0 fully saturated rings. The maximum Gasteiger partial charge on any atom is 0.320 e. The Labute approximate surface area is 86.8 Å². The first-order chi connectivity index (χ1) is 6.93. The van der Waals surface area contributed by atoms with E-state index in [1.165, 1.54) is 6.07 Å². The molecule has 1 unspecified atom stereocenters. The SMILES string of the molecule is Cc1ccc(O)c(O)c1CC(N)C(=O)O. The Kier molecular flexibility index (Phi) is 3.16. The van der Waals surface area contributed by atoms with Gasteiger partial charge in [-0.05, 0) is 18.6 Å². The van der Waals surface area contributed by atoms with E-state index in [4.69, 9.17) is 10.8 Å². The van der Waals surface area contributed by atoms with Gasteiger partial charge in [0.2, 0.25) is 0 Å². The van der Waals surface area contributed by atoms with E-state index in [0.29, 0.717) is 11.1 Å². The first-order valence-electron chi connectivity index (χ1n) is 4.42. The van der Waals surface area contributed by atoms with Crippen LogP contribution in [-0.2, 0) is 11.2 Å². The lowest BCUT2D eigenvalue weighted by Gasteiger charge is -2.12. The molecule has 0 aliphatic carbocycles. The van der Waals surface area contributed by atoms with E-state index in [1.54, 1.807) is 13.0 Å². The van der Waals surface area contributed by atoms with Gasteiger partial charge in [0.25, 0.3) is 0 Å². The highest BCUT2D eigenvalue weighted by molar-refractivity contribution is 5.74. The van der Waals surface area contributed by atoms with Crippen LogP contribution in [0.1, 0.15) is 11.1 Å². The zero-order valence-corrected chi connectivity index (χ0v) is 8.27. The average molecular weight is 211 g/mol. The van der Waals surface area contributed by atoms with Crippen molar-refractivity contribution >= 4 is 5.97 Å². The van der Waals surface area contributed by atoms with Crippen molar-refractivity contribution in [2.75, 3.05) is 0 Å². The Hall–Kier alpha value is -1.75. The molecule has 0 saturated carbocycles. The van der Waals surface area contributed by atoms with Crippen LogP contribution >= 0.6 is 0 Å². The maximum atomic E-state index is 10.5. The van der Waals surface area contributed by atoms with E-state index in [1.807, 2.05) is 0 Å². The highest BCUT2D eigenvalue weighted by atomic mass is 16.4. The van der Waals surface area contributed by atoms with Crippen LogP contribution in [0.4, 0.5) is 0 Å². The largest absolute Gasteiger partial charge is 0.504 e. The van der Waals surface area contributed by atoms with Crippen LogP contribution in [-0.4, -0.2) is 27.3 Å². The minimum Gasteiger partial charge on any atom is -0.504 e. The second-order valence-electron chi connectivity index (χ2n) is 3.38. The summed E-state index contributed by atoms with van der Waals surface area (Å²) in [5, 5.41) is 27.4. The van der Waals surface area contributed by atoms with E-state index in [0.717, 1.165) is 0 Å². The predicted molar refractivity (Wildman–Crippen MR) is 53.8 cm³/mol. The van der Waals surface area contributed by atoms with E-state index >= 15 is 0 Å². The van der Waals surface area contributed by atoms with E-state index in [-0.39, 0.29) is 17.9 Å². The number of benzene rings is 1. The lowest BCUT2D eigenvalue weighted by Crippen LogP contribution is -2.32. The van der Waals surface area contributed by atoms with Gasteiger partial charge in [0.05, 0.1) is 0 Å². The fraction of sp³-hybridized carbons (Fsp3) is 0.300. The van der Waals surface area contributed by atoms with E-state index < -0.39 is 12.0 Å². The standard InChI is InChI=1S/C10H13NO4/c1-5-2-3-8(12)9(13)6(5)4-7(11)10(14)15/h2-3,7,12-13H,4,11H2,1H3,(H,14,15). The maximum absolute atomic E-state index is 10.5. The predicted octanol–water partition coefficient (Wildman–Crippen LogP) is 0.361. The third-order valence-electron chi connectivity index (χ3n) is 2.24. The second-order valence-corrected chi connectivity index (χ2v) is 3.38. The summed E-state index contributed by atoms with van der Waals surface area (Å²) in [7, 11) is 0. The molecule has 5 nitrogen and oxygen atoms in total. The van der Waals surface area contributed by atoms with E-state index in [9.17, 15) is 15.0 Å². The minimum absolute atomic E-state index is 0.0125. The van der Waals surface area contributed by atoms with Crippen molar-refractivity contribution in [1.82, 2.24) is 0 Å². The summed E-state index contributed by atoms with van der Waals surface area (Å²) in [5.74, 6) is -1.71. The Balaban J connectivity index is 3.03. The summed E-state index contributed by atoms with van der Waals surface area (Å²) in [6, 6.07) is 1.86. The molecule has 0 aliphatic heterocycles. The number of phenols is 2. The number of aryl methyl sites for hydroxylation is 1. The summed E-state index contributed by atoms with van der Waals surface area (Å²) < 4.78 is 0. The number of rotatable bonds is 3. The number of carboxylic acid groups (broad SMARTS) is 1. The number of carboxylic acids is 1. The summed E-state index contributed by atoms with van der Waals surface area (Å²) in [6.07, 6.45) is -0.0125. The molecule has 0 heterocycles. The first-order valence-corrected chi connectivity index (χ1v) is 4.42. The molecule has 1 aromatic rings. The zero-order valence-electron chi connectivity index (χ0n) is 8.27. The molecule has 1 aromatic carbocycles. The quantitative estimate of drug-likeness (QED) is 0.540. The van der Waals surface area contributed by atoms with Gasteiger partial charge in [0.15, 0.2) is 11.5 Å². The van der Waals surface area contributed by atoms with Crippen LogP contribution in [0.25, 0.3) is 0 Å². The van der Waals surface area contributed by atoms with Crippen LogP contribution in [0.5, 0.6) is 11.5 Å². The van der Waals surface area contributed by atoms with Crippen LogP contribution in [0.15, 0.2) is 12.1 Å². The van der Waals surface area contributed by atoms with Crippen molar-refractivity contribution < 1.29 is 20.1 Å². The van der Waals surface area contributed by atoms with Gasteiger partial charge in [-0.15, -0.1) is 0 Å². The molecular weight excluding hydrogens is 198 g/mol. The highest BCUT2D eigenvalue weighted by Gasteiger charge is 2.17. The number of phenolic OH excluding ortho intramolecular Hbond substituents is 2. The van der Waals surface area contributed by atoms with Gasteiger partial charge in [-0.3, -0.25) is 4.79 Å². The lowest BCUT2D eigenvalue weighted by atomic mass is 10.00. The summed E-state index contributed by atoms with van der Waals surface area (Å²) in [5.41, 5.74) is 6.41. The number of hydrogen-bond donors (Lipinski definition) is 4. The third kappa shape index (κ3) is 2.38. The molecular formula is C10H13NO4. The minimum atomic E-state index is -1.14. The highest BCUT2D eigenvalue weighted by Crippen LogP contribution is 2.31. The topological polar surface area (TPSA) is 104 Å². The van der Waals surface area contributed by atoms with Gasteiger partial charge in [0.1, 0.15) is 6.04 Å². The molecule has 5 heteroatoms. The monoisotopic (exact) mass is 211 g/mol. The molecule has 5 N–H and O–H groups in total. The Bertz CT molecular complexity index is 389. The van der Waals surface area contributed by atoms with Crippen molar-refractivity contribution in [2.24, 2.45) is 5.73 Å².